The number of oxime groups is 1. The molecule has 9 rings (SSSR count). The predicted octanol–water partition coefficient (Wildman–Crippen LogP) is 7.70. The van der Waals surface area contributed by atoms with E-state index in [9.17, 15) is 13.9 Å². The summed E-state index contributed by atoms with van der Waals surface area (Å²) in [5.74, 6) is -2.95. The number of ether oxygens (including phenoxy) is 1. The molecule has 4 fully saturated rings. The number of nitrogens with zero attached hydrogens (tertiary/aromatic N) is 6. The van der Waals surface area contributed by atoms with E-state index in [2.05, 4.69) is 24.9 Å². The van der Waals surface area contributed by atoms with Gasteiger partial charge in [-0.05, 0) is 86.4 Å². The number of piperidine rings is 1. The molecule has 0 amide bonds. The molecule has 3 saturated heterocycles. The number of phenolic OH excluding ortho intramolecular Hbond substituents is 1. The normalized spacial score (nSPS) is 24.2. The minimum absolute atomic E-state index is 0.00768. The van der Waals surface area contributed by atoms with Crippen molar-refractivity contribution >= 4 is 33.2 Å². The maximum Gasteiger partial charge on any atom is 0.319 e. The van der Waals surface area contributed by atoms with Crippen LogP contribution in [0.25, 0.3) is 32.9 Å². The lowest BCUT2D eigenvalue weighted by molar-refractivity contribution is 0.0845. The van der Waals surface area contributed by atoms with Gasteiger partial charge in [-0.3, -0.25) is 9.88 Å². The van der Waals surface area contributed by atoms with Gasteiger partial charge >= 0.3 is 6.01 Å². The maximum absolute atomic E-state index is 16.9. The molecule has 4 aliphatic rings. The molecule has 5 heterocycles. The van der Waals surface area contributed by atoms with Crippen LogP contribution in [0.1, 0.15) is 50.1 Å². The van der Waals surface area contributed by atoms with Crippen molar-refractivity contribution in [3.05, 3.63) is 83.6 Å². The second-order valence-electron chi connectivity index (χ2n) is 14.5. The first-order valence-electron chi connectivity index (χ1n) is 17.7. The molecule has 3 aromatic carbocycles. The summed E-state index contributed by atoms with van der Waals surface area (Å²) >= 11 is 0. The highest BCUT2D eigenvalue weighted by molar-refractivity contribution is 6.00. The Bertz CT molecular complexity index is 2240. The van der Waals surface area contributed by atoms with Crippen molar-refractivity contribution in [2.24, 2.45) is 17.0 Å². The number of aromatic hydroxyl groups is 1. The topological polar surface area (TPSA) is 96.2 Å². The summed E-state index contributed by atoms with van der Waals surface area (Å²) < 4.78 is 66.9. The number of halogens is 4. The quantitative estimate of drug-likeness (QED) is 0.136. The van der Waals surface area contributed by atoms with Crippen LogP contribution >= 0.6 is 0 Å². The molecule has 1 aliphatic carbocycles. The average molecular weight is 713 g/mol. The van der Waals surface area contributed by atoms with Crippen molar-refractivity contribution in [1.29, 1.82) is 0 Å². The largest absolute Gasteiger partial charge is 0.508 e. The monoisotopic (exact) mass is 712 g/mol. The molecular formula is C39H36F4N6O3. The minimum Gasteiger partial charge on any atom is -0.508 e. The van der Waals surface area contributed by atoms with Gasteiger partial charge in [-0.1, -0.05) is 23.4 Å². The Balaban J connectivity index is 1.13. The number of phenols is 1. The fraction of sp³-hybridized carbons (Fsp3) is 0.385. The second kappa shape index (κ2) is 12.6. The van der Waals surface area contributed by atoms with Crippen molar-refractivity contribution in [3.8, 4) is 23.0 Å². The SMILES string of the molecule is CON=C1C2CCC1CN(c1nc(OCC34CCCN3C(c3ccc(F)cc3)CC4)nc3c(F)c(-c4cc(O)cc5ccc(F)c(F)c45)ncc13)C2. The van der Waals surface area contributed by atoms with E-state index in [1.165, 1.54) is 36.5 Å². The molecule has 1 N–H and O–H groups in total. The molecule has 52 heavy (non-hydrogen) atoms. The Morgan fingerprint density at radius 3 is 2.50 bits per heavy atom. The number of rotatable bonds is 7. The van der Waals surface area contributed by atoms with Crippen LogP contribution in [0, 0.1) is 35.1 Å². The van der Waals surface area contributed by atoms with Crippen molar-refractivity contribution in [2.45, 2.75) is 50.1 Å². The zero-order valence-electron chi connectivity index (χ0n) is 28.5. The Morgan fingerprint density at radius 2 is 1.73 bits per heavy atom. The number of aromatic nitrogens is 3. The van der Waals surface area contributed by atoms with Gasteiger partial charge in [-0.15, -0.1) is 0 Å². The molecule has 0 radical (unpaired) electrons. The molecule has 0 spiro atoms. The van der Waals surface area contributed by atoms with Crippen LogP contribution in [0.3, 0.4) is 0 Å². The fourth-order valence-electron chi connectivity index (χ4n) is 9.25. The lowest BCUT2D eigenvalue weighted by atomic mass is 9.95. The lowest BCUT2D eigenvalue weighted by Crippen LogP contribution is -2.44. The average Bonchev–Trinajstić information content (AvgIpc) is 3.78. The van der Waals surface area contributed by atoms with Gasteiger partial charge in [0, 0.05) is 48.1 Å². The van der Waals surface area contributed by atoms with Crippen LogP contribution < -0.4 is 9.64 Å². The number of hydrogen-bond donors (Lipinski definition) is 1. The molecule has 2 bridgehead atoms. The zero-order valence-corrected chi connectivity index (χ0v) is 28.5. The molecule has 3 aliphatic heterocycles. The van der Waals surface area contributed by atoms with Crippen LogP contribution in [-0.4, -0.2) is 69.6 Å². The third kappa shape index (κ3) is 5.31. The van der Waals surface area contributed by atoms with Gasteiger partial charge in [-0.25, -0.2) is 17.6 Å². The highest BCUT2D eigenvalue weighted by Gasteiger charge is 2.50. The smallest absolute Gasteiger partial charge is 0.319 e. The van der Waals surface area contributed by atoms with Crippen LogP contribution in [0.2, 0.25) is 0 Å². The maximum atomic E-state index is 16.9. The first-order valence-corrected chi connectivity index (χ1v) is 17.7. The van der Waals surface area contributed by atoms with Crippen LogP contribution in [0.4, 0.5) is 23.4 Å². The number of pyridine rings is 1. The third-order valence-corrected chi connectivity index (χ3v) is 11.6. The summed E-state index contributed by atoms with van der Waals surface area (Å²) in [5.41, 5.74) is 1.30. The van der Waals surface area contributed by atoms with Crippen LogP contribution in [0.5, 0.6) is 11.8 Å². The Labute approximate surface area is 296 Å². The molecule has 13 heteroatoms. The number of anilines is 1. The Morgan fingerprint density at radius 1 is 0.942 bits per heavy atom. The predicted molar refractivity (Wildman–Crippen MR) is 187 cm³/mol. The Hall–Kier alpha value is -5.04. The highest BCUT2D eigenvalue weighted by Crippen LogP contribution is 2.49. The first-order chi connectivity index (χ1) is 25.2. The van der Waals surface area contributed by atoms with E-state index in [1.54, 1.807) is 7.11 Å². The van der Waals surface area contributed by atoms with E-state index >= 15 is 8.78 Å². The van der Waals surface area contributed by atoms with Gasteiger partial charge in [0.1, 0.15) is 42.3 Å². The van der Waals surface area contributed by atoms with Gasteiger partial charge < -0.3 is 19.6 Å². The van der Waals surface area contributed by atoms with Crippen LogP contribution in [-0.2, 0) is 4.84 Å². The lowest BCUT2D eigenvalue weighted by Gasteiger charge is -2.35. The molecule has 1 saturated carbocycles. The molecular weight excluding hydrogens is 676 g/mol. The molecule has 9 nitrogen and oxygen atoms in total. The summed E-state index contributed by atoms with van der Waals surface area (Å²) in [5, 5.41) is 15.1. The summed E-state index contributed by atoms with van der Waals surface area (Å²) in [4.78, 5) is 23.6. The fourth-order valence-corrected chi connectivity index (χ4v) is 9.25. The van der Waals surface area contributed by atoms with E-state index in [0.29, 0.717) is 24.3 Å². The first kappa shape index (κ1) is 32.8. The third-order valence-electron chi connectivity index (χ3n) is 11.6. The van der Waals surface area contributed by atoms with E-state index in [1.807, 2.05) is 12.1 Å². The molecule has 268 valence electrons. The van der Waals surface area contributed by atoms with Gasteiger partial charge in [0.05, 0.1) is 16.6 Å². The van der Waals surface area contributed by atoms with E-state index in [0.717, 1.165) is 62.4 Å². The van der Waals surface area contributed by atoms with E-state index in [-0.39, 0.29) is 75.1 Å². The number of hydrogen-bond acceptors (Lipinski definition) is 9. The van der Waals surface area contributed by atoms with Gasteiger partial charge in [0.2, 0.25) is 0 Å². The standard InChI is InChI=1S/C39H36F4N6O3/c1-51-47-34-23-3-4-24(34)19-48(18-23)37-28-17-44-35(27-16-26(50)15-22-7-10-29(41)32(42)31(22)27)33(43)36(28)45-38(46-37)52-20-39-12-2-14-49(39)30(11-13-39)21-5-8-25(40)9-6-21/h5-10,15-17,23-24,30,50H,2-4,11-14,18-20H2,1H3. The number of benzene rings is 3. The molecule has 4 unspecified atom stereocenters. The summed E-state index contributed by atoms with van der Waals surface area (Å²) in [7, 11) is 1.54. The van der Waals surface area contributed by atoms with Crippen molar-refractivity contribution in [2.75, 3.05) is 38.3 Å². The van der Waals surface area contributed by atoms with Crippen LogP contribution in [0.15, 0.2) is 59.9 Å². The van der Waals surface area contributed by atoms with Gasteiger partial charge in [0.15, 0.2) is 17.5 Å². The molecule has 5 aromatic rings. The summed E-state index contributed by atoms with van der Waals surface area (Å²) in [6.45, 7) is 2.29. The molecule has 4 atom stereocenters. The van der Waals surface area contributed by atoms with Crippen molar-refractivity contribution in [3.63, 3.8) is 0 Å². The minimum atomic E-state index is -1.17. The second-order valence-corrected chi connectivity index (χ2v) is 14.5. The molecule has 2 aromatic heterocycles. The number of fused-ring (bicyclic) bond motifs is 5. The van der Waals surface area contributed by atoms with Gasteiger partial charge in [0.25, 0.3) is 0 Å². The Kier molecular flexibility index (Phi) is 7.94. The van der Waals surface area contributed by atoms with Crippen molar-refractivity contribution in [1.82, 2.24) is 19.9 Å². The van der Waals surface area contributed by atoms with E-state index < -0.39 is 17.5 Å². The van der Waals surface area contributed by atoms with Gasteiger partial charge in [-0.2, -0.15) is 9.97 Å². The van der Waals surface area contributed by atoms with E-state index in [4.69, 9.17) is 14.6 Å². The highest BCUT2D eigenvalue weighted by atomic mass is 19.2. The zero-order chi connectivity index (χ0) is 35.7. The van der Waals surface area contributed by atoms with Crippen molar-refractivity contribution < 1.29 is 32.2 Å². The summed E-state index contributed by atoms with van der Waals surface area (Å²) in [6.07, 6.45) is 6.95. The summed E-state index contributed by atoms with van der Waals surface area (Å²) in [6, 6.07) is 11.5.